The van der Waals surface area contributed by atoms with Gasteiger partial charge in [-0.15, -0.1) is 56.9 Å². The molecule has 0 amide bonds. The van der Waals surface area contributed by atoms with Gasteiger partial charge < -0.3 is 0 Å². The Balaban J connectivity index is 0.000000219. The average Bonchev–Trinajstić information content (AvgIpc) is 3.68. The molecule has 2 radical (unpaired) electrons. The van der Waals surface area contributed by atoms with Crippen LogP contribution in [0.15, 0.2) is 97.1 Å². The maximum absolute atomic E-state index is 4.93. The van der Waals surface area contributed by atoms with Crippen LogP contribution in [0.25, 0.3) is 43.8 Å². The summed E-state index contributed by atoms with van der Waals surface area (Å²) >= 11 is -0.826. The molecule has 49 heavy (non-hydrogen) atoms. The summed E-state index contributed by atoms with van der Waals surface area (Å²) in [6, 6.07) is 39.3. The average molecular weight is 785 g/mol. The first-order valence-electron chi connectivity index (χ1n) is 17.9. The van der Waals surface area contributed by atoms with Gasteiger partial charge in [0, 0.05) is 9.52 Å². The molecule has 0 fully saturated rings. The van der Waals surface area contributed by atoms with Gasteiger partial charge in [0.15, 0.2) is 0 Å². The molecule has 0 aliphatic rings. The fourth-order valence-electron chi connectivity index (χ4n) is 6.36. The van der Waals surface area contributed by atoms with E-state index >= 15 is 0 Å². The molecule has 0 atom stereocenters. The van der Waals surface area contributed by atoms with Gasteiger partial charge >= 0.3 is 37.9 Å². The number of aryl methyl sites for hydroxylation is 6. The zero-order chi connectivity index (χ0) is 35.8. The molecule has 0 bridgehead atoms. The van der Waals surface area contributed by atoms with Crippen LogP contribution in [-0.4, -0.2) is 9.52 Å². The number of hydrogen-bond acceptors (Lipinski definition) is 0. The molecule has 4 heteroatoms. The zero-order valence-electron chi connectivity index (χ0n) is 30.9. The third-order valence-electron chi connectivity index (χ3n) is 8.65. The van der Waals surface area contributed by atoms with Gasteiger partial charge in [-0.2, -0.15) is 12.1 Å². The Morgan fingerprint density at radius 3 is 1.39 bits per heavy atom. The predicted octanol–water partition coefficient (Wildman–Crippen LogP) is 14.8. The summed E-state index contributed by atoms with van der Waals surface area (Å²) in [6.07, 6.45) is 5.84. The van der Waals surface area contributed by atoms with Gasteiger partial charge in [-0.25, -0.2) is 0 Å². The van der Waals surface area contributed by atoms with Crippen molar-refractivity contribution in [2.75, 3.05) is 0 Å². The van der Waals surface area contributed by atoms with Crippen molar-refractivity contribution in [2.45, 2.75) is 99.6 Å². The van der Waals surface area contributed by atoms with Gasteiger partial charge in [-0.3, -0.25) is 0 Å². The molecule has 6 aromatic rings. The van der Waals surface area contributed by atoms with Crippen LogP contribution < -0.4 is 0 Å². The minimum absolute atomic E-state index is 0.826. The van der Waals surface area contributed by atoms with E-state index in [1.54, 1.807) is 0 Å². The summed E-state index contributed by atoms with van der Waals surface area (Å²) in [5.74, 6) is 0. The molecule has 0 heterocycles. The van der Waals surface area contributed by atoms with Crippen molar-refractivity contribution in [3.05, 3.63) is 130 Å². The molecule has 0 aliphatic heterocycles. The van der Waals surface area contributed by atoms with Gasteiger partial charge in [0.05, 0.1) is 0 Å². The first kappa shape index (κ1) is 41.2. The summed E-state index contributed by atoms with van der Waals surface area (Å²) < 4.78 is 0. The molecule has 0 saturated heterocycles. The first-order valence-corrected chi connectivity index (χ1v) is 25.7. The molecule has 0 N–H and O–H groups in total. The Morgan fingerprint density at radius 2 is 1.00 bits per heavy atom. The summed E-state index contributed by atoms with van der Waals surface area (Å²) in [4.78, 5) is 0. The van der Waals surface area contributed by atoms with E-state index in [1.165, 1.54) is 124 Å². The normalized spacial score (nSPS) is 10.4. The van der Waals surface area contributed by atoms with Crippen LogP contribution >= 0.6 is 17.0 Å². The molecule has 6 aromatic carbocycles. The summed E-state index contributed by atoms with van der Waals surface area (Å²) in [5, 5.41) is 5.49. The maximum atomic E-state index is 4.93. The van der Waals surface area contributed by atoms with Gasteiger partial charge in [0.2, 0.25) is 0 Å². The topological polar surface area (TPSA) is 0 Å². The summed E-state index contributed by atoms with van der Waals surface area (Å²) in [5.41, 5.74) is 13.7. The number of rotatable bonds is 9. The second kappa shape index (κ2) is 21.9. The van der Waals surface area contributed by atoms with Gasteiger partial charge in [-0.05, 0) is 55.4 Å². The number of benzene rings is 4. The van der Waals surface area contributed by atoms with Crippen LogP contribution in [-0.2, 0) is 40.1 Å². The summed E-state index contributed by atoms with van der Waals surface area (Å²) in [7, 11) is 11.1. The molecule has 6 rings (SSSR count). The number of halogens is 2. The fourth-order valence-corrected chi connectivity index (χ4v) is 6.86. The van der Waals surface area contributed by atoms with E-state index in [1.807, 2.05) is 0 Å². The van der Waals surface area contributed by atoms with E-state index in [-0.39, 0.29) is 0 Å². The second-order valence-corrected chi connectivity index (χ2v) is 18.4. The Morgan fingerprint density at radius 1 is 0.571 bits per heavy atom. The van der Waals surface area contributed by atoms with Crippen molar-refractivity contribution in [2.24, 2.45) is 0 Å². The van der Waals surface area contributed by atoms with Crippen LogP contribution in [0.1, 0.15) is 80.8 Å². The van der Waals surface area contributed by atoms with E-state index in [2.05, 4.69) is 152 Å². The van der Waals surface area contributed by atoms with Crippen molar-refractivity contribution in [3.8, 4) is 22.3 Å². The van der Waals surface area contributed by atoms with E-state index < -0.39 is 20.8 Å². The van der Waals surface area contributed by atoms with E-state index in [4.69, 9.17) is 17.0 Å². The Bertz CT molecular complexity index is 1830. The Hall–Kier alpha value is -2.22. The SMILES string of the molecule is CCCc1ccc(-c2cc(C)cc3[cH-]c(C)cc23)cc1.CCCc1ccc(-c2cc(C)cc3[cH-]c(CC)cc23)cc1.CC[Si]CC.[Cl][Zr+2][Cl]. The van der Waals surface area contributed by atoms with E-state index in [0.29, 0.717) is 0 Å². The molecule has 0 spiro atoms. The van der Waals surface area contributed by atoms with E-state index in [0.717, 1.165) is 6.42 Å². The first-order chi connectivity index (χ1) is 23.7. The molecule has 0 unspecified atom stereocenters. The molecular weight excluding hydrogens is 731 g/mol. The number of fused-ring (bicyclic) bond motifs is 2. The van der Waals surface area contributed by atoms with Crippen LogP contribution in [0, 0.1) is 20.8 Å². The van der Waals surface area contributed by atoms with Crippen LogP contribution in [0.2, 0.25) is 12.1 Å². The molecule has 0 aliphatic carbocycles. The second-order valence-electron chi connectivity index (χ2n) is 12.8. The van der Waals surface area contributed by atoms with Crippen molar-refractivity contribution in [1.82, 2.24) is 0 Å². The number of hydrogen-bond donors (Lipinski definition) is 0. The molecule has 0 saturated carbocycles. The molecule has 0 aromatic heterocycles. The third-order valence-corrected chi connectivity index (χ3v) is 9.65. The standard InChI is InChI=1S/C21H23.C20H21.C4H10Si.2ClH.Zr/c1-4-6-17-7-9-18(10-8-17)20-12-15(3)11-19-13-16(5-2)14-21(19)20;1-4-5-16-6-8-17(9-7-16)19-12-14(2)10-18-11-15(3)13-20(18)19;1-3-5-4-2;;;/h7-14H,4-6H2,1-3H3;6-13H,4-5H2,1-3H3;3-4H2,1-2H3;2*1H;/q2*-1;;;;+4/p-2. The van der Waals surface area contributed by atoms with Crippen molar-refractivity contribution in [3.63, 3.8) is 0 Å². The molecule has 0 nitrogen and oxygen atoms in total. The zero-order valence-corrected chi connectivity index (χ0v) is 35.9. The van der Waals surface area contributed by atoms with Crippen LogP contribution in [0.5, 0.6) is 0 Å². The fraction of sp³-hybridized carbons (Fsp3) is 0.333. The van der Waals surface area contributed by atoms with Crippen LogP contribution in [0.3, 0.4) is 0 Å². The van der Waals surface area contributed by atoms with Gasteiger partial charge in [0.1, 0.15) is 0 Å². The van der Waals surface area contributed by atoms with Crippen molar-refractivity contribution >= 4 is 48.1 Å². The Labute approximate surface area is 318 Å². The summed E-state index contributed by atoms with van der Waals surface area (Å²) in [6.45, 7) is 17.7. The predicted molar refractivity (Wildman–Crippen MR) is 220 cm³/mol. The van der Waals surface area contributed by atoms with Gasteiger partial charge in [0.25, 0.3) is 0 Å². The van der Waals surface area contributed by atoms with Crippen molar-refractivity contribution in [1.29, 1.82) is 0 Å². The van der Waals surface area contributed by atoms with Crippen molar-refractivity contribution < 1.29 is 20.8 Å². The van der Waals surface area contributed by atoms with E-state index in [9.17, 15) is 0 Å². The third kappa shape index (κ3) is 12.5. The molecule has 256 valence electrons. The molecular formula is C45H54Cl2SiZr. The van der Waals surface area contributed by atoms with Gasteiger partial charge in [-0.1, -0.05) is 149 Å². The van der Waals surface area contributed by atoms with Crippen LogP contribution in [0.4, 0.5) is 0 Å². The Kier molecular flexibility index (Phi) is 18.4. The minimum atomic E-state index is -0.826. The monoisotopic (exact) mass is 782 g/mol. The quantitative estimate of drug-likeness (QED) is 0.101.